The highest BCUT2D eigenvalue weighted by Gasteiger charge is 2.19. The molecule has 82 valence electrons. The molecule has 0 spiro atoms. The molecule has 1 aliphatic rings. The highest BCUT2D eigenvalue weighted by atomic mass is 15.2. The van der Waals surface area contributed by atoms with Gasteiger partial charge in [0.05, 0.1) is 0 Å². The first kappa shape index (κ1) is 10.4. The van der Waals surface area contributed by atoms with Crippen molar-refractivity contribution in [2.45, 2.75) is 37.8 Å². The van der Waals surface area contributed by atoms with Gasteiger partial charge < -0.3 is 10.6 Å². The maximum atomic E-state index is 4.04. The Morgan fingerprint density at radius 2 is 1.93 bits per heavy atom. The van der Waals surface area contributed by atoms with Crippen LogP contribution >= 0.6 is 0 Å². The number of hydrogen-bond acceptors (Lipinski definition) is 4. The third-order valence-corrected chi connectivity index (χ3v) is 3.06. The fourth-order valence-corrected chi connectivity index (χ4v) is 2.11. The van der Waals surface area contributed by atoms with Gasteiger partial charge >= 0.3 is 0 Å². The molecule has 0 aromatic carbocycles. The highest BCUT2D eigenvalue weighted by molar-refractivity contribution is 5.32. The smallest absolute Gasteiger partial charge is 0.148 e. The maximum Gasteiger partial charge on any atom is 0.148 e. The fourth-order valence-electron chi connectivity index (χ4n) is 2.11. The van der Waals surface area contributed by atoms with Crippen LogP contribution in [0.25, 0.3) is 0 Å². The van der Waals surface area contributed by atoms with Gasteiger partial charge in [0.15, 0.2) is 0 Å². The van der Waals surface area contributed by atoms with Crippen LogP contribution in [0.3, 0.4) is 0 Å². The Labute approximate surface area is 90.5 Å². The van der Waals surface area contributed by atoms with E-state index in [0.29, 0.717) is 12.1 Å². The average molecular weight is 206 g/mol. The van der Waals surface area contributed by atoms with Crippen molar-refractivity contribution in [3.63, 3.8) is 0 Å². The van der Waals surface area contributed by atoms with E-state index >= 15 is 0 Å². The number of rotatable bonds is 3. The molecule has 2 N–H and O–H groups in total. The van der Waals surface area contributed by atoms with Gasteiger partial charge in [-0.25, -0.2) is 0 Å². The Bertz CT molecular complexity index is 280. The minimum atomic E-state index is 0.561. The molecule has 1 saturated carbocycles. The fraction of sp³-hybridized carbons (Fsp3) is 0.636. The first-order valence-electron chi connectivity index (χ1n) is 5.60. The van der Waals surface area contributed by atoms with Crippen LogP contribution in [0.4, 0.5) is 5.82 Å². The first-order valence-corrected chi connectivity index (χ1v) is 5.60. The lowest BCUT2D eigenvalue weighted by Crippen LogP contribution is -2.35. The third-order valence-electron chi connectivity index (χ3n) is 3.06. The Morgan fingerprint density at radius 1 is 1.20 bits per heavy atom. The molecule has 0 unspecified atom stereocenters. The molecular formula is C11H18N4. The molecule has 0 atom stereocenters. The van der Waals surface area contributed by atoms with Crippen LogP contribution < -0.4 is 10.6 Å². The Balaban J connectivity index is 1.82. The molecule has 15 heavy (non-hydrogen) atoms. The summed E-state index contributed by atoms with van der Waals surface area (Å²) in [7, 11) is 2.04. The molecule has 4 nitrogen and oxygen atoms in total. The second-order valence-corrected chi connectivity index (χ2v) is 4.09. The van der Waals surface area contributed by atoms with Gasteiger partial charge in [-0.1, -0.05) is 0 Å². The van der Waals surface area contributed by atoms with E-state index in [2.05, 4.69) is 20.8 Å². The second-order valence-electron chi connectivity index (χ2n) is 4.09. The van der Waals surface area contributed by atoms with Gasteiger partial charge in [-0.05, 0) is 44.9 Å². The van der Waals surface area contributed by atoms with E-state index in [0.717, 1.165) is 5.82 Å². The summed E-state index contributed by atoms with van der Waals surface area (Å²) >= 11 is 0. The first-order chi connectivity index (χ1) is 7.38. The minimum Gasteiger partial charge on any atom is -0.366 e. The molecule has 0 bridgehead atoms. The maximum absolute atomic E-state index is 4.04. The zero-order valence-corrected chi connectivity index (χ0v) is 9.11. The van der Waals surface area contributed by atoms with Gasteiger partial charge in [0.25, 0.3) is 0 Å². The molecule has 1 aliphatic carbocycles. The lowest BCUT2D eigenvalue weighted by molar-refractivity contribution is 0.371. The Morgan fingerprint density at radius 3 is 2.53 bits per heavy atom. The van der Waals surface area contributed by atoms with Gasteiger partial charge in [0, 0.05) is 18.3 Å². The van der Waals surface area contributed by atoms with Crippen LogP contribution in [0.15, 0.2) is 18.3 Å². The van der Waals surface area contributed by atoms with E-state index in [4.69, 9.17) is 0 Å². The lowest BCUT2D eigenvalue weighted by Gasteiger charge is -2.28. The van der Waals surface area contributed by atoms with Crippen molar-refractivity contribution >= 4 is 5.82 Å². The quantitative estimate of drug-likeness (QED) is 0.785. The molecule has 0 saturated heterocycles. The molecule has 1 aromatic rings. The van der Waals surface area contributed by atoms with Crippen molar-refractivity contribution in [1.82, 2.24) is 15.5 Å². The van der Waals surface area contributed by atoms with Crippen LogP contribution in [0.5, 0.6) is 0 Å². The van der Waals surface area contributed by atoms with Crippen LogP contribution in [0.2, 0.25) is 0 Å². The summed E-state index contributed by atoms with van der Waals surface area (Å²) in [5.74, 6) is 0.894. The number of anilines is 1. The predicted molar refractivity (Wildman–Crippen MR) is 60.8 cm³/mol. The number of nitrogens with zero attached hydrogens (tertiary/aromatic N) is 2. The predicted octanol–water partition coefficient (Wildman–Crippen LogP) is 1.42. The highest BCUT2D eigenvalue weighted by Crippen LogP contribution is 2.20. The normalized spacial score (nSPS) is 26.2. The number of aromatic nitrogens is 2. The summed E-state index contributed by atoms with van der Waals surface area (Å²) in [6.07, 6.45) is 6.61. The van der Waals surface area contributed by atoms with Crippen LogP contribution in [-0.2, 0) is 0 Å². The van der Waals surface area contributed by atoms with Gasteiger partial charge in [-0.2, -0.15) is 5.10 Å². The lowest BCUT2D eigenvalue weighted by atomic mass is 9.91. The van der Waals surface area contributed by atoms with Gasteiger partial charge in [0.2, 0.25) is 0 Å². The summed E-state index contributed by atoms with van der Waals surface area (Å²) in [4.78, 5) is 0. The largest absolute Gasteiger partial charge is 0.366 e. The Kier molecular flexibility index (Phi) is 3.50. The SMILES string of the molecule is CNC1CCC(Nc2cccnn2)CC1. The zero-order chi connectivity index (χ0) is 10.5. The topological polar surface area (TPSA) is 49.8 Å². The standard InChI is InChI=1S/C11H18N4/c1-12-9-4-6-10(7-5-9)14-11-3-2-8-13-15-11/h2-3,8-10,12H,4-7H2,1H3,(H,14,15). The molecule has 1 fully saturated rings. The van der Waals surface area contributed by atoms with Crippen LogP contribution in [0.1, 0.15) is 25.7 Å². The number of nitrogens with one attached hydrogen (secondary N) is 2. The van der Waals surface area contributed by atoms with Crippen molar-refractivity contribution < 1.29 is 0 Å². The van der Waals surface area contributed by atoms with Crippen LogP contribution in [-0.4, -0.2) is 29.3 Å². The second kappa shape index (κ2) is 5.07. The molecule has 0 radical (unpaired) electrons. The van der Waals surface area contributed by atoms with E-state index in [1.165, 1.54) is 25.7 Å². The van der Waals surface area contributed by atoms with Gasteiger partial charge in [-0.3, -0.25) is 0 Å². The van der Waals surface area contributed by atoms with Gasteiger partial charge in [0.1, 0.15) is 5.82 Å². The summed E-state index contributed by atoms with van der Waals surface area (Å²) in [6, 6.07) is 5.14. The Hall–Kier alpha value is -1.16. The van der Waals surface area contributed by atoms with E-state index in [1.54, 1.807) is 6.20 Å². The molecule has 1 heterocycles. The zero-order valence-electron chi connectivity index (χ0n) is 9.11. The monoisotopic (exact) mass is 206 g/mol. The van der Waals surface area contributed by atoms with E-state index in [9.17, 15) is 0 Å². The van der Waals surface area contributed by atoms with E-state index in [-0.39, 0.29) is 0 Å². The van der Waals surface area contributed by atoms with E-state index < -0.39 is 0 Å². The van der Waals surface area contributed by atoms with Crippen molar-refractivity contribution in [3.05, 3.63) is 18.3 Å². The molecule has 4 heteroatoms. The van der Waals surface area contributed by atoms with Crippen LogP contribution in [0, 0.1) is 0 Å². The van der Waals surface area contributed by atoms with Crippen molar-refractivity contribution in [2.75, 3.05) is 12.4 Å². The molecule has 1 aromatic heterocycles. The average Bonchev–Trinajstić information content (AvgIpc) is 2.31. The summed E-state index contributed by atoms with van der Waals surface area (Å²) < 4.78 is 0. The van der Waals surface area contributed by atoms with Crippen molar-refractivity contribution in [2.24, 2.45) is 0 Å². The summed E-state index contributed by atoms with van der Waals surface area (Å²) in [5.41, 5.74) is 0. The van der Waals surface area contributed by atoms with E-state index in [1.807, 2.05) is 19.2 Å². The van der Waals surface area contributed by atoms with Crippen molar-refractivity contribution in [3.8, 4) is 0 Å². The summed E-state index contributed by atoms with van der Waals surface area (Å²) in [5, 5.41) is 14.6. The van der Waals surface area contributed by atoms with Crippen molar-refractivity contribution in [1.29, 1.82) is 0 Å². The number of hydrogen-bond donors (Lipinski definition) is 2. The van der Waals surface area contributed by atoms with Gasteiger partial charge in [-0.15, -0.1) is 5.10 Å². The third kappa shape index (κ3) is 2.89. The minimum absolute atomic E-state index is 0.561. The summed E-state index contributed by atoms with van der Waals surface area (Å²) in [6.45, 7) is 0. The molecule has 0 amide bonds. The molecular weight excluding hydrogens is 188 g/mol. The molecule has 2 rings (SSSR count). The molecule has 0 aliphatic heterocycles.